The first-order chi connectivity index (χ1) is 11.8. The molecule has 0 fully saturated rings. The van der Waals surface area contributed by atoms with Gasteiger partial charge in [-0.05, 0) is 39.6 Å². The van der Waals surface area contributed by atoms with Gasteiger partial charge in [0, 0.05) is 25.0 Å². The maximum absolute atomic E-state index is 5.89. The first-order valence-corrected chi connectivity index (χ1v) is 7.55. The molecule has 118 valence electrons. The smallest absolute Gasteiger partial charge is 0.199 e. The molecule has 0 atom stereocenters. The molecule has 0 aliphatic carbocycles. The van der Waals surface area contributed by atoms with E-state index in [0.29, 0.717) is 11.5 Å². The third-order valence-electron chi connectivity index (χ3n) is 4.26. The van der Waals surface area contributed by atoms with Crippen LogP contribution in [0.25, 0.3) is 28.2 Å². The molecule has 3 N–H and O–H groups in total. The molecule has 24 heavy (non-hydrogen) atoms. The molecule has 0 saturated carbocycles. The van der Waals surface area contributed by atoms with E-state index in [1.165, 1.54) is 11.1 Å². The van der Waals surface area contributed by atoms with Gasteiger partial charge in [0.05, 0.1) is 11.7 Å². The minimum Gasteiger partial charge on any atom is -0.379 e. The number of anilines is 1. The van der Waals surface area contributed by atoms with Crippen LogP contribution in [0.5, 0.6) is 0 Å². The lowest BCUT2D eigenvalue weighted by Gasteiger charge is -2.09. The molecular formula is C16H13N7O. The van der Waals surface area contributed by atoms with E-state index in [2.05, 4.69) is 43.8 Å². The van der Waals surface area contributed by atoms with Crippen molar-refractivity contribution in [3.63, 3.8) is 0 Å². The highest BCUT2D eigenvalue weighted by Gasteiger charge is 2.21. The number of hydrogen-bond acceptors (Lipinski definition) is 7. The highest BCUT2D eigenvalue weighted by molar-refractivity contribution is 5.83. The van der Waals surface area contributed by atoms with E-state index in [-0.39, 0.29) is 5.82 Å². The van der Waals surface area contributed by atoms with Gasteiger partial charge in [0.2, 0.25) is 0 Å². The van der Waals surface area contributed by atoms with Gasteiger partial charge in [0.1, 0.15) is 5.52 Å². The van der Waals surface area contributed by atoms with Crippen molar-refractivity contribution in [3.05, 3.63) is 47.8 Å². The fraction of sp³-hybridized carbons (Fsp3) is 0.125. The molecule has 0 radical (unpaired) electrons. The fourth-order valence-electron chi connectivity index (χ4n) is 3.12. The van der Waals surface area contributed by atoms with Crippen LogP contribution < -0.4 is 11.1 Å². The van der Waals surface area contributed by atoms with Crippen molar-refractivity contribution in [2.24, 2.45) is 0 Å². The van der Waals surface area contributed by atoms with Crippen molar-refractivity contribution in [1.29, 1.82) is 0 Å². The third-order valence-corrected chi connectivity index (χ3v) is 4.26. The number of aromatic nitrogens is 5. The Hall–Kier alpha value is -3.26. The van der Waals surface area contributed by atoms with Crippen LogP contribution in [-0.2, 0) is 13.1 Å². The summed E-state index contributed by atoms with van der Waals surface area (Å²) in [5.41, 5.74) is 11.6. The molecule has 4 aromatic rings. The van der Waals surface area contributed by atoms with Crippen LogP contribution in [0.1, 0.15) is 11.1 Å². The summed E-state index contributed by atoms with van der Waals surface area (Å²) in [5, 5.41) is 10.9. The van der Waals surface area contributed by atoms with Crippen molar-refractivity contribution in [3.8, 4) is 17.2 Å². The monoisotopic (exact) mass is 319 g/mol. The summed E-state index contributed by atoms with van der Waals surface area (Å²) in [5.74, 6) is 0.796. The van der Waals surface area contributed by atoms with Crippen LogP contribution in [0.15, 0.2) is 41.3 Å². The van der Waals surface area contributed by atoms with Gasteiger partial charge in [-0.3, -0.25) is 9.55 Å². The molecule has 8 heteroatoms. The predicted octanol–water partition coefficient (Wildman–Crippen LogP) is 1.66. The van der Waals surface area contributed by atoms with E-state index in [9.17, 15) is 0 Å². The van der Waals surface area contributed by atoms with Crippen molar-refractivity contribution >= 4 is 16.9 Å². The van der Waals surface area contributed by atoms with Crippen molar-refractivity contribution in [2.45, 2.75) is 13.1 Å². The zero-order valence-corrected chi connectivity index (χ0v) is 12.6. The van der Waals surface area contributed by atoms with Gasteiger partial charge >= 0.3 is 0 Å². The Kier molecular flexibility index (Phi) is 2.68. The lowest BCUT2D eigenvalue weighted by molar-refractivity contribution is 0.310. The predicted molar refractivity (Wildman–Crippen MR) is 87.1 cm³/mol. The van der Waals surface area contributed by atoms with Crippen LogP contribution in [0.3, 0.4) is 0 Å². The largest absolute Gasteiger partial charge is 0.379 e. The van der Waals surface area contributed by atoms with Crippen molar-refractivity contribution in [1.82, 2.24) is 30.2 Å². The maximum Gasteiger partial charge on any atom is 0.199 e. The van der Waals surface area contributed by atoms with E-state index in [4.69, 9.17) is 10.4 Å². The molecule has 0 unspecified atom stereocenters. The number of rotatable bonds is 2. The minimum atomic E-state index is 0.211. The highest BCUT2D eigenvalue weighted by Crippen LogP contribution is 2.30. The normalized spacial score (nSPS) is 13.5. The molecule has 0 amide bonds. The van der Waals surface area contributed by atoms with E-state index in [0.717, 1.165) is 29.8 Å². The molecule has 1 aliphatic heterocycles. The second kappa shape index (κ2) is 4.87. The van der Waals surface area contributed by atoms with Crippen LogP contribution in [0, 0.1) is 0 Å². The Morgan fingerprint density at radius 1 is 1.12 bits per heavy atom. The molecule has 1 aromatic carbocycles. The number of nitrogens with zero attached hydrogens (tertiary/aromatic N) is 5. The molecule has 0 saturated heterocycles. The van der Waals surface area contributed by atoms with E-state index in [1.54, 1.807) is 12.4 Å². The Morgan fingerprint density at radius 2 is 2.04 bits per heavy atom. The summed E-state index contributed by atoms with van der Waals surface area (Å²) in [6, 6.07) is 8.28. The van der Waals surface area contributed by atoms with Gasteiger partial charge in [-0.2, -0.15) is 0 Å². The summed E-state index contributed by atoms with van der Waals surface area (Å²) in [4.78, 5) is 8.77. The molecule has 0 spiro atoms. The molecule has 1 aliphatic rings. The second-order valence-corrected chi connectivity index (χ2v) is 5.69. The lowest BCUT2D eigenvalue weighted by atomic mass is 10.1. The zero-order chi connectivity index (χ0) is 16.1. The topological polar surface area (TPSA) is 108 Å². The van der Waals surface area contributed by atoms with Gasteiger partial charge in [0.15, 0.2) is 17.3 Å². The van der Waals surface area contributed by atoms with Crippen molar-refractivity contribution in [2.75, 3.05) is 5.73 Å². The summed E-state index contributed by atoms with van der Waals surface area (Å²) >= 11 is 0. The standard InChI is InChI=1S/C16H13N7O/c17-15-14(21-24-22-15)16-20-12-8-18-4-3-13(12)23(16)11-2-1-9-6-19-7-10(9)5-11/h1-5,8,19H,6-7H2,(H2,17,22). The number of pyridine rings is 1. The SMILES string of the molecule is Nc1nonc1-c1nc2cnccc2n1-c1ccc2c(c1)CNC2. The number of imidazole rings is 1. The molecule has 8 nitrogen and oxygen atoms in total. The first-order valence-electron chi connectivity index (χ1n) is 7.55. The first kappa shape index (κ1) is 13.2. The quantitative estimate of drug-likeness (QED) is 0.578. The molecule has 4 heterocycles. The highest BCUT2D eigenvalue weighted by atomic mass is 16.6. The minimum absolute atomic E-state index is 0.211. The van der Waals surface area contributed by atoms with Gasteiger partial charge in [-0.15, -0.1) is 0 Å². The van der Waals surface area contributed by atoms with Gasteiger partial charge in [0.25, 0.3) is 0 Å². The third kappa shape index (κ3) is 1.83. The van der Waals surface area contributed by atoms with E-state index < -0.39 is 0 Å². The average molecular weight is 319 g/mol. The summed E-state index contributed by atoms with van der Waals surface area (Å²) < 4.78 is 6.76. The maximum atomic E-state index is 5.89. The Balaban J connectivity index is 1.82. The number of nitrogens with two attached hydrogens (primary N) is 1. The van der Waals surface area contributed by atoms with Crippen LogP contribution in [-0.4, -0.2) is 24.8 Å². The second-order valence-electron chi connectivity index (χ2n) is 5.69. The fourth-order valence-corrected chi connectivity index (χ4v) is 3.12. The lowest BCUT2D eigenvalue weighted by Crippen LogP contribution is -2.01. The number of nitrogens with one attached hydrogen (secondary N) is 1. The Labute approximate surface area is 136 Å². The molecule has 3 aromatic heterocycles. The summed E-state index contributed by atoms with van der Waals surface area (Å²) in [7, 11) is 0. The van der Waals surface area contributed by atoms with Crippen molar-refractivity contribution < 1.29 is 4.63 Å². The van der Waals surface area contributed by atoms with E-state index >= 15 is 0 Å². The van der Waals surface area contributed by atoms with Gasteiger partial charge in [-0.1, -0.05) is 6.07 Å². The molecule has 5 rings (SSSR count). The van der Waals surface area contributed by atoms with Gasteiger partial charge in [-0.25, -0.2) is 9.61 Å². The Bertz CT molecular complexity index is 1070. The summed E-state index contributed by atoms with van der Waals surface area (Å²) in [6.07, 6.45) is 3.46. The number of nitrogen functional groups attached to an aromatic ring is 1. The number of fused-ring (bicyclic) bond motifs is 2. The number of benzene rings is 1. The average Bonchev–Trinajstić information content (AvgIpc) is 3.30. The summed E-state index contributed by atoms with van der Waals surface area (Å²) in [6.45, 7) is 1.76. The van der Waals surface area contributed by atoms with Crippen LogP contribution >= 0.6 is 0 Å². The van der Waals surface area contributed by atoms with Crippen LogP contribution in [0.2, 0.25) is 0 Å². The van der Waals surface area contributed by atoms with Gasteiger partial charge < -0.3 is 11.1 Å². The zero-order valence-electron chi connectivity index (χ0n) is 12.6. The molecular weight excluding hydrogens is 306 g/mol. The Morgan fingerprint density at radius 3 is 2.92 bits per heavy atom. The molecule has 0 bridgehead atoms. The van der Waals surface area contributed by atoms with E-state index in [1.807, 2.05) is 10.6 Å². The number of hydrogen-bond donors (Lipinski definition) is 2. The van der Waals surface area contributed by atoms with Crippen LogP contribution in [0.4, 0.5) is 5.82 Å².